The molecule has 1 saturated heterocycles. The highest BCUT2D eigenvalue weighted by Crippen LogP contribution is 2.10. The van der Waals surface area contributed by atoms with Gasteiger partial charge >= 0.3 is 0 Å². The lowest BCUT2D eigenvalue weighted by Crippen LogP contribution is -2.50. The SMILES string of the molecule is COCCS(=O)(=O)NC(C)C1CCCCN1. The molecule has 0 aromatic heterocycles. The molecule has 0 amide bonds. The summed E-state index contributed by atoms with van der Waals surface area (Å²) in [6.45, 7) is 3.13. The summed E-state index contributed by atoms with van der Waals surface area (Å²) in [7, 11) is -1.71. The molecule has 16 heavy (non-hydrogen) atoms. The van der Waals surface area contributed by atoms with Crippen LogP contribution in [-0.2, 0) is 14.8 Å². The maximum Gasteiger partial charge on any atom is 0.214 e. The van der Waals surface area contributed by atoms with Crippen LogP contribution in [-0.4, -0.2) is 46.5 Å². The fourth-order valence-electron chi connectivity index (χ4n) is 1.92. The lowest BCUT2D eigenvalue weighted by atomic mass is 10.00. The molecule has 0 aliphatic carbocycles. The summed E-state index contributed by atoms with van der Waals surface area (Å²) in [4.78, 5) is 0. The lowest BCUT2D eigenvalue weighted by Gasteiger charge is -2.29. The number of nitrogens with one attached hydrogen (secondary N) is 2. The molecule has 1 aliphatic heterocycles. The normalized spacial score (nSPS) is 24.2. The molecule has 6 heteroatoms. The van der Waals surface area contributed by atoms with E-state index in [9.17, 15) is 8.42 Å². The Morgan fingerprint density at radius 2 is 2.25 bits per heavy atom. The van der Waals surface area contributed by atoms with Crippen molar-refractivity contribution in [3.63, 3.8) is 0 Å². The first-order valence-corrected chi connectivity index (χ1v) is 7.43. The summed E-state index contributed by atoms with van der Waals surface area (Å²) in [5, 5.41) is 3.34. The molecule has 1 fully saturated rings. The Hall–Kier alpha value is -0.170. The van der Waals surface area contributed by atoms with Crippen LogP contribution in [0.1, 0.15) is 26.2 Å². The predicted molar refractivity (Wildman–Crippen MR) is 63.9 cm³/mol. The molecule has 96 valence electrons. The van der Waals surface area contributed by atoms with Gasteiger partial charge in [-0.25, -0.2) is 13.1 Å². The van der Waals surface area contributed by atoms with E-state index in [0.29, 0.717) is 0 Å². The van der Waals surface area contributed by atoms with Crippen molar-refractivity contribution in [1.82, 2.24) is 10.0 Å². The van der Waals surface area contributed by atoms with Gasteiger partial charge in [-0.1, -0.05) is 6.42 Å². The zero-order chi connectivity index (χ0) is 12.0. The topological polar surface area (TPSA) is 67.4 Å². The minimum Gasteiger partial charge on any atom is -0.384 e. The lowest BCUT2D eigenvalue weighted by molar-refractivity contribution is 0.216. The van der Waals surface area contributed by atoms with Gasteiger partial charge in [0.15, 0.2) is 0 Å². The average molecular weight is 250 g/mol. The van der Waals surface area contributed by atoms with Crippen molar-refractivity contribution < 1.29 is 13.2 Å². The summed E-state index contributed by atoms with van der Waals surface area (Å²) < 4.78 is 30.7. The van der Waals surface area contributed by atoms with Gasteiger partial charge in [0.2, 0.25) is 10.0 Å². The Bertz CT molecular complexity index is 286. The highest BCUT2D eigenvalue weighted by molar-refractivity contribution is 7.89. The van der Waals surface area contributed by atoms with E-state index in [2.05, 4.69) is 10.0 Å². The second kappa shape index (κ2) is 6.54. The van der Waals surface area contributed by atoms with Gasteiger partial charge in [-0.15, -0.1) is 0 Å². The van der Waals surface area contributed by atoms with E-state index in [0.717, 1.165) is 13.0 Å². The third-order valence-corrected chi connectivity index (χ3v) is 4.31. The molecule has 0 bridgehead atoms. The van der Waals surface area contributed by atoms with Gasteiger partial charge in [-0.3, -0.25) is 0 Å². The van der Waals surface area contributed by atoms with Crippen LogP contribution in [0.5, 0.6) is 0 Å². The monoisotopic (exact) mass is 250 g/mol. The molecule has 5 nitrogen and oxygen atoms in total. The van der Waals surface area contributed by atoms with E-state index in [1.165, 1.54) is 20.0 Å². The molecule has 0 aromatic carbocycles. The van der Waals surface area contributed by atoms with Crippen molar-refractivity contribution in [2.24, 2.45) is 0 Å². The van der Waals surface area contributed by atoms with E-state index in [4.69, 9.17) is 4.74 Å². The van der Waals surface area contributed by atoms with Crippen molar-refractivity contribution in [2.45, 2.75) is 38.3 Å². The first-order valence-electron chi connectivity index (χ1n) is 5.77. The minimum absolute atomic E-state index is 0.0283. The van der Waals surface area contributed by atoms with Crippen LogP contribution in [0.3, 0.4) is 0 Å². The summed E-state index contributed by atoms with van der Waals surface area (Å²) in [5.74, 6) is 0.0283. The average Bonchev–Trinajstić information content (AvgIpc) is 2.27. The van der Waals surface area contributed by atoms with E-state index >= 15 is 0 Å². The molecule has 2 atom stereocenters. The van der Waals surface area contributed by atoms with Crippen molar-refractivity contribution in [2.75, 3.05) is 26.0 Å². The number of ether oxygens (including phenoxy) is 1. The molecule has 2 N–H and O–H groups in total. The molecule has 1 rings (SSSR count). The van der Waals surface area contributed by atoms with E-state index < -0.39 is 10.0 Å². The maximum absolute atomic E-state index is 11.6. The fraction of sp³-hybridized carbons (Fsp3) is 1.00. The second-order valence-electron chi connectivity index (χ2n) is 4.27. The Balaban J connectivity index is 2.39. The van der Waals surface area contributed by atoms with Gasteiger partial charge in [-0.05, 0) is 26.3 Å². The Kier molecular flexibility index (Phi) is 5.68. The molecule has 1 heterocycles. The number of hydrogen-bond donors (Lipinski definition) is 2. The zero-order valence-electron chi connectivity index (χ0n) is 10.0. The van der Waals surface area contributed by atoms with Crippen LogP contribution in [0.25, 0.3) is 0 Å². The quantitative estimate of drug-likeness (QED) is 0.701. The van der Waals surface area contributed by atoms with Gasteiger partial charge in [0.05, 0.1) is 12.4 Å². The standard InChI is InChI=1S/C10H22N2O3S/c1-9(10-5-3-4-6-11-10)12-16(13,14)8-7-15-2/h9-12H,3-8H2,1-2H3. The van der Waals surface area contributed by atoms with Gasteiger partial charge in [0, 0.05) is 19.2 Å². The minimum atomic E-state index is -3.21. The highest BCUT2D eigenvalue weighted by atomic mass is 32.2. The summed E-state index contributed by atoms with van der Waals surface area (Å²) in [6.07, 6.45) is 3.38. The van der Waals surface area contributed by atoms with E-state index in [-0.39, 0.29) is 24.4 Å². The van der Waals surface area contributed by atoms with Crippen molar-refractivity contribution >= 4 is 10.0 Å². The smallest absolute Gasteiger partial charge is 0.214 e. The Morgan fingerprint density at radius 3 is 2.81 bits per heavy atom. The Labute approximate surface area is 98.0 Å². The predicted octanol–water partition coefficient (Wildman–Crippen LogP) is 0.0828. The molecular formula is C10H22N2O3S. The van der Waals surface area contributed by atoms with Crippen LogP contribution in [0.4, 0.5) is 0 Å². The van der Waals surface area contributed by atoms with E-state index in [1.807, 2.05) is 6.92 Å². The number of methoxy groups -OCH3 is 1. The van der Waals surface area contributed by atoms with Crippen molar-refractivity contribution in [3.8, 4) is 0 Å². The maximum atomic E-state index is 11.6. The molecule has 0 spiro atoms. The molecule has 0 saturated carbocycles. The first kappa shape index (κ1) is 13.9. The van der Waals surface area contributed by atoms with Gasteiger partial charge in [0.1, 0.15) is 0 Å². The van der Waals surface area contributed by atoms with Crippen LogP contribution >= 0.6 is 0 Å². The summed E-state index contributed by atoms with van der Waals surface area (Å²) in [6, 6.07) is 0.202. The summed E-state index contributed by atoms with van der Waals surface area (Å²) >= 11 is 0. The van der Waals surface area contributed by atoms with Crippen LogP contribution < -0.4 is 10.0 Å². The fourth-order valence-corrected chi connectivity index (χ4v) is 3.16. The van der Waals surface area contributed by atoms with E-state index in [1.54, 1.807) is 0 Å². The molecular weight excluding hydrogens is 228 g/mol. The second-order valence-corrected chi connectivity index (χ2v) is 6.15. The molecule has 0 radical (unpaired) electrons. The van der Waals surface area contributed by atoms with Gasteiger partial charge in [-0.2, -0.15) is 0 Å². The van der Waals surface area contributed by atoms with Gasteiger partial charge < -0.3 is 10.1 Å². The number of sulfonamides is 1. The molecule has 2 unspecified atom stereocenters. The zero-order valence-corrected chi connectivity index (χ0v) is 10.8. The third-order valence-electron chi connectivity index (χ3n) is 2.87. The number of hydrogen-bond acceptors (Lipinski definition) is 4. The first-order chi connectivity index (χ1) is 7.55. The van der Waals surface area contributed by atoms with Crippen molar-refractivity contribution in [3.05, 3.63) is 0 Å². The highest BCUT2D eigenvalue weighted by Gasteiger charge is 2.23. The Morgan fingerprint density at radius 1 is 1.50 bits per heavy atom. The van der Waals surface area contributed by atoms with Crippen LogP contribution in [0.15, 0.2) is 0 Å². The van der Waals surface area contributed by atoms with Gasteiger partial charge in [0.25, 0.3) is 0 Å². The van der Waals surface area contributed by atoms with Crippen LogP contribution in [0, 0.1) is 0 Å². The number of rotatable bonds is 6. The van der Waals surface area contributed by atoms with Crippen molar-refractivity contribution in [1.29, 1.82) is 0 Å². The summed E-state index contributed by atoms with van der Waals surface area (Å²) in [5.41, 5.74) is 0. The number of piperidine rings is 1. The largest absolute Gasteiger partial charge is 0.384 e. The molecule has 1 aliphatic rings. The third kappa shape index (κ3) is 4.78. The van der Waals surface area contributed by atoms with Crippen LogP contribution in [0.2, 0.25) is 0 Å². The molecule has 0 aromatic rings.